The molecule has 92 valence electrons. The number of rotatable bonds is 4. The molecule has 0 heterocycles. The molecule has 0 saturated carbocycles. The van der Waals surface area contributed by atoms with Crippen LogP contribution in [0.3, 0.4) is 0 Å². The quantitative estimate of drug-likeness (QED) is 0.640. The number of hydrogen-bond acceptors (Lipinski definition) is 2. The molecule has 17 heavy (non-hydrogen) atoms. The molecule has 0 unspecified atom stereocenters. The van der Waals surface area contributed by atoms with E-state index in [-0.39, 0.29) is 0 Å². The molecule has 1 rings (SSSR count). The molecule has 0 atom stereocenters. The fourth-order valence-corrected chi connectivity index (χ4v) is 1.48. The number of amides is 1. The molecule has 0 saturated heterocycles. The molecule has 0 aliphatic heterocycles. The highest BCUT2D eigenvalue weighted by Gasteiger charge is 2.17. The third-order valence-electron chi connectivity index (χ3n) is 2.51. The molecular formula is C14H19NO2. The number of ketones is 1. The topological polar surface area (TPSA) is 46.2 Å². The lowest BCUT2D eigenvalue weighted by Gasteiger charge is -2.08. The first kappa shape index (κ1) is 13.4. The van der Waals surface area contributed by atoms with Crippen LogP contribution in [-0.2, 0) is 4.79 Å². The molecule has 3 nitrogen and oxygen atoms in total. The fourth-order valence-electron chi connectivity index (χ4n) is 1.48. The summed E-state index contributed by atoms with van der Waals surface area (Å²) >= 11 is 0. The minimum atomic E-state index is -0.521. The lowest BCUT2D eigenvalue weighted by molar-refractivity contribution is -0.117. The largest absolute Gasteiger partial charge is 0.349 e. The first-order chi connectivity index (χ1) is 7.91. The molecule has 0 bridgehead atoms. The first-order valence-corrected chi connectivity index (χ1v) is 5.81. The summed E-state index contributed by atoms with van der Waals surface area (Å²) < 4.78 is 0. The molecule has 0 fully saturated rings. The second-order valence-electron chi connectivity index (χ2n) is 4.75. The molecule has 0 radical (unpaired) electrons. The van der Waals surface area contributed by atoms with E-state index < -0.39 is 11.7 Å². The Balaban J connectivity index is 2.82. The van der Waals surface area contributed by atoms with Gasteiger partial charge in [-0.1, -0.05) is 31.5 Å². The lowest BCUT2D eigenvalue weighted by atomic mass is 10.0. The van der Waals surface area contributed by atoms with E-state index in [0.717, 1.165) is 11.1 Å². The van der Waals surface area contributed by atoms with E-state index >= 15 is 0 Å². The van der Waals surface area contributed by atoms with Gasteiger partial charge in [0, 0.05) is 12.1 Å². The van der Waals surface area contributed by atoms with Crippen molar-refractivity contribution in [1.29, 1.82) is 0 Å². The van der Waals surface area contributed by atoms with Crippen molar-refractivity contribution < 1.29 is 9.59 Å². The molecule has 3 heteroatoms. The Bertz CT molecular complexity index is 436. The van der Waals surface area contributed by atoms with E-state index in [1.807, 2.05) is 39.8 Å². The third kappa shape index (κ3) is 3.70. The van der Waals surface area contributed by atoms with Gasteiger partial charge < -0.3 is 5.32 Å². The predicted octanol–water partition coefficient (Wildman–Crippen LogP) is 2.26. The summed E-state index contributed by atoms with van der Waals surface area (Å²) in [4.78, 5) is 23.6. The molecule has 0 aliphatic rings. The number of aryl methyl sites for hydroxylation is 2. The van der Waals surface area contributed by atoms with Crippen molar-refractivity contribution in [2.75, 3.05) is 6.54 Å². The first-order valence-electron chi connectivity index (χ1n) is 5.81. The van der Waals surface area contributed by atoms with Crippen molar-refractivity contribution >= 4 is 11.7 Å². The highest BCUT2D eigenvalue weighted by Crippen LogP contribution is 2.11. The second-order valence-corrected chi connectivity index (χ2v) is 4.75. The van der Waals surface area contributed by atoms with Crippen molar-refractivity contribution in [3.63, 3.8) is 0 Å². The molecule has 0 aromatic heterocycles. The van der Waals surface area contributed by atoms with E-state index in [1.54, 1.807) is 6.07 Å². The molecule has 0 spiro atoms. The van der Waals surface area contributed by atoms with E-state index in [4.69, 9.17) is 0 Å². The van der Waals surface area contributed by atoms with Gasteiger partial charge in [0.05, 0.1) is 0 Å². The Morgan fingerprint density at radius 1 is 1.24 bits per heavy atom. The zero-order valence-electron chi connectivity index (χ0n) is 10.8. The maximum absolute atomic E-state index is 11.9. The molecule has 1 N–H and O–H groups in total. The van der Waals surface area contributed by atoms with Crippen LogP contribution in [0.4, 0.5) is 0 Å². The molecule has 0 aliphatic carbocycles. The molecule has 1 amide bonds. The Labute approximate surface area is 102 Å². The summed E-state index contributed by atoms with van der Waals surface area (Å²) in [5, 5.41) is 2.64. The van der Waals surface area contributed by atoms with Gasteiger partial charge >= 0.3 is 0 Å². The number of carbonyl (C=O) groups is 2. The predicted molar refractivity (Wildman–Crippen MR) is 68.1 cm³/mol. The maximum Gasteiger partial charge on any atom is 0.292 e. The zero-order chi connectivity index (χ0) is 13.0. The Morgan fingerprint density at radius 3 is 2.47 bits per heavy atom. The van der Waals surface area contributed by atoms with Gasteiger partial charge in [-0.05, 0) is 31.4 Å². The summed E-state index contributed by atoms with van der Waals surface area (Å²) in [6.07, 6.45) is 0. The smallest absolute Gasteiger partial charge is 0.292 e. The van der Waals surface area contributed by atoms with Gasteiger partial charge in [-0.2, -0.15) is 0 Å². The minimum Gasteiger partial charge on any atom is -0.349 e. The van der Waals surface area contributed by atoms with Crippen LogP contribution < -0.4 is 5.32 Å². The summed E-state index contributed by atoms with van der Waals surface area (Å²) in [7, 11) is 0. The van der Waals surface area contributed by atoms with E-state index in [0.29, 0.717) is 18.0 Å². The van der Waals surface area contributed by atoms with Crippen LogP contribution in [-0.4, -0.2) is 18.2 Å². The number of Topliss-reactive ketones (excluding diaryl/α,β-unsaturated/α-hetero) is 1. The SMILES string of the molecule is Cc1ccc(C)c(C(=O)C(=O)NCC(C)C)c1. The van der Waals surface area contributed by atoms with Gasteiger partial charge in [0.25, 0.3) is 5.91 Å². The van der Waals surface area contributed by atoms with Crippen LogP contribution in [0, 0.1) is 19.8 Å². The van der Waals surface area contributed by atoms with Crippen LogP contribution in [0.2, 0.25) is 0 Å². The second kappa shape index (κ2) is 5.62. The molecular weight excluding hydrogens is 214 g/mol. The van der Waals surface area contributed by atoms with E-state index in [2.05, 4.69) is 5.32 Å². The van der Waals surface area contributed by atoms with Crippen molar-refractivity contribution in [2.24, 2.45) is 5.92 Å². The summed E-state index contributed by atoms with van der Waals surface area (Å²) in [5.41, 5.74) is 2.31. The summed E-state index contributed by atoms with van der Waals surface area (Å²) in [6, 6.07) is 5.54. The average molecular weight is 233 g/mol. The fraction of sp³-hybridized carbons (Fsp3) is 0.429. The van der Waals surface area contributed by atoms with Crippen molar-refractivity contribution in [3.05, 3.63) is 34.9 Å². The van der Waals surface area contributed by atoms with Crippen LogP contribution in [0.1, 0.15) is 35.3 Å². The summed E-state index contributed by atoms with van der Waals surface area (Å²) in [5.74, 6) is -0.635. The van der Waals surface area contributed by atoms with Gasteiger partial charge in [0.15, 0.2) is 0 Å². The van der Waals surface area contributed by atoms with Gasteiger partial charge in [-0.15, -0.1) is 0 Å². The minimum absolute atomic E-state index is 0.338. The number of hydrogen-bond donors (Lipinski definition) is 1. The van der Waals surface area contributed by atoms with Gasteiger partial charge in [-0.25, -0.2) is 0 Å². The van der Waals surface area contributed by atoms with Crippen LogP contribution in [0.5, 0.6) is 0 Å². The van der Waals surface area contributed by atoms with Crippen molar-refractivity contribution in [1.82, 2.24) is 5.32 Å². The monoisotopic (exact) mass is 233 g/mol. The van der Waals surface area contributed by atoms with Crippen LogP contribution in [0.25, 0.3) is 0 Å². The number of carbonyl (C=O) groups excluding carboxylic acids is 2. The normalized spacial score (nSPS) is 10.4. The number of nitrogens with one attached hydrogen (secondary N) is 1. The Kier molecular flexibility index (Phi) is 4.44. The van der Waals surface area contributed by atoms with Gasteiger partial charge in [0.1, 0.15) is 0 Å². The highest BCUT2D eigenvalue weighted by atomic mass is 16.2. The average Bonchev–Trinajstić information content (AvgIpc) is 2.28. The maximum atomic E-state index is 11.9. The zero-order valence-corrected chi connectivity index (χ0v) is 10.8. The third-order valence-corrected chi connectivity index (χ3v) is 2.51. The standard InChI is InChI=1S/C14H19NO2/c1-9(2)8-15-14(17)13(16)12-7-10(3)5-6-11(12)4/h5-7,9H,8H2,1-4H3,(H,15,17). The van der Waals surface area contributed by atoms with Crippen molar-refractivity contribution in [2.45, 2.75) is 27.7 Å². The lowest BCUT2D eigenvalue weighted by Crippen LogP contribution is -2.34. The van der Waals surface area contributed by atoms with Crippen molar-refractivity contribution in [3.8, 4) is 0 Å². The molecule has 1 aromatic carbocycles. The van der Waals surface area contributed by atoms with Crippen LogP contribution >= 0.6 is 0 Å². The summed E-state index contributed by atoms with van der Waals surface area (Å²) in [6.45, 7) is 8.24. The highest BCUT2D eigenvalue weighted by molar-refractivity contribution is 6.43. The Morgan fingerprint density at radius 2 is 1.88 bits per heavy atom. The number of benzene rings is 1. The van der Waals surface area contributed by atoms with Gasteiger partial charge in [-0.3, -0.25) is 9.59 Å². The van der Waals surface area contributed by atoms with E-state index in [1.165, 1.54) is 0 Å². The molecule has 1 aromatic rings. The van der Waals surface area contributed by atoms with Gasteiger partial charge in [0.2, 0.25) is 5.78 Å². The van der Waals surface area contributed by atoms with E-state index in [9.17, 15) is 9.59 Å². The Hall–Kier alpha value is -1.64. The van der Waals surface area contributed by atoms with Crippen LogP contribution in [0.15, 0.2) is 18.2 Å².